The second kappa shape index (κ2) is 8.84. The Hall–Kier alpha value is -2.66. The van der Waals surface area contributed by atoms with E-state index in [1.165, 1.54) is 12.1 Å². The molecule has 0 saturated carbocycles. The van der Waals surface area contributed by atoms with E-state index in [1.54, 1.807) is 11.0 Å². The molecule has 1 aliphatic carbocycles. The van der Waals surface area contributed by atoms with Crippen LogP contribution in [0.4, 0.5) is 4.79 Å². The smallest absolute Gasteiger partial charge is 0.410 e. The molecule has 3 atom stereocenters. The zero-order valence-corrected chi connectivity index (χ0v) is 20.3. The van der Waals surface area contributed by atoms with Crippen molar-refractivity contribution < 1.29 is 22.7 Å². The van der Waals surface area contributed by atoms with Gasteiger partial charge in [-0.2, -0.15) is 0 Å². The maximum absolute atomic E-state index is 13.1. The van der Waals surface area contributed by atoms with Crippen LogP contribution in [0.5, 0.6) is 0 Å². The van der Waals surface area contributed by atoms with Crippen LogP contribution in [0.3, 0.4) is 0 Å². The van der Waals surface area contributed by atoms with E-state index < -0.39 is 15.9 Å². The van der Waals surface area contributed by atoms with Gasteiger partial charge in [-0.25, -0.2) is 13.2 Å². The lowest BCUT2D eigenvalue weighted by molar-refractivity contribution is -0.135. The van der Waals surface area contributed by atoms with Gasteiger partial charge in [-0.15, -0.1) is 5.10 Å². The number of halogens is 1. The number of carbonyl (C=O) groups is 2. The summed E-state index contributed by atoms with van der Waals surface area (Å²) in [5.74, 6) is 0.559. The number of amides is 2. The molecule has 1 N–H and O–H groups in total. The number of ether oxygens (including phenoxy) is 1. The molecule has 2 amide bonds. The molecular formula is C22H26ClN5O5S. The Morgan fingerprint density at radius 2 is 1.85 bits per heavy atom. The van der Waals surface area contributed by atoms with Crippen LogP contribution in [-0.4, -0.2) is 78.1 Å². The molecule has 10 nitrogen and oxygen atoms in total. The average Bonchev–Trinajstić information content (AvgIpc) is 3.50. The Labute approximate surface area is 202 Å². The number of aromatic nitrogens is 3. The summed E-state index contributed by atoms with van der Waals surface area (Å²) in [6.45, 7) is 2.29. The van der Waals surface area contributed by atoms with Gasteiger partial charge in [0.15, 0.2) is 9.84 Å². The van der Waals surface area contributed by atoms with Crippen molar-refractivity contribution in [3.8, 4) is 0 Å². The summed E-state index contributed by atoms with van der Waals surface area (Å²) in [5.41, 5.74) is 2.43. The van der Waals surface area contributed by atoms with E-state index >= 15 is 0 Å². The number of likely N-dealkylation sites (tertiary alicyclic amines) is 2. The topological polar surface area (TPSA) is 126 Å². The second-order valence-electron chi connectivity index (χ2n) is 9.47. The van der Waals surface area contributed by atoms with Gasteiger partial charge in [0.2, 0.25) is 5.91 Å². The van der Waals surface area contributed by atoms with Gasteiger partial charge in [-0.1, -0.05) is 16.8 Å². The van der Waals surface area contributed by atoms with Crippen molar-refractivity contribution in [2.75, 3.05) is 32.4 Å². The van der Waals surface area contributed by atoms with Crippen molar-refractivity contribution in [1.29, 1.82) is 0 Å². The van der Waals surface area contributed by atoms with Gasteiger partial charge in [-0.3, -0.25) is 9.89 Å². The molecule has 3 aliphatic rings. The van der Waals surface area contributed by atoms with Crippen molar-refractivity contribution >= 4 is 33.4 Å². The summed E-state index contributed by atoms with van der Waals surface area (Å²) in [6.07, 6.45) is 2.87. The van der Waals surface area contributed by atoms with E-state index in [9.17, 15) is 18.0 Å². The summed E-state index contributed by atoms with van der Waals surface area (Å²) >= 11 is 6.02. The Balaban J connectivity index is 1.13. The molecule has 2 fully saturated rings. The van der Waals surface area contributed by atoms with Crippen LogP contribution in [0, 0.1) is 17.8 Å². The highest BCUT2D eigenvalue weighted by Gasteiger charge is 2.44. The summed E-state index contributed by atoms with van der Waals surface area (Å²) in [6, 6.07) is 4.41. The normalized spacial score (nSPS) is 24.1. The van der Waals surface area contributed by atoms with Gasteiger partial charge in [0.1, 0.15) is 6.61 Å². The van der Waals surface area contributed by atoms with E-state index in [2.05, 4.69) is 15.4 Å². The fourth-order valence-corrected chi connectivity index (χ4v) is 6.26. The van der Waals surface area contributed by atoms with Gasteiger partial charge < -0.3 is 14.5 Å². The molecule has 0 radical (unpaired) electrons. The molecule has 0 bridgehead atoms. The summed E-state index contributed by atoms with van der Waals surface area (Å²) in [5, 5.41) is 11.1. The SMILES string of the molecule is CS(=O)(=O)c1cc(Cl)cc(COC(=O)N2C[C@@H]3CN(C(=O)[C@@H]4CCc5[nH]nnc5C4)C[C@H]3C2)c1. The Morgan fingerprint density at radius 3 is 2.56 bits per heavy atom. The maximum atomic E-state index is 13.1. The van der Waals surface area contributed by atoms with E-state index in [-0.39, 0.29) is 40.2 Å². The quantitative estimate of drug-likeness (QED) is 0.667. The highest BCUT2D eigenvalue weighted by molar-refractivity contribution is 7.90. The minimum Gasteiger partial charge on any atom is -0.445 e. The first-order chi connectivity index (χ1) is 16.2. The van der Waals surface area contributed by atoms with Gasteiger partial charge in [0, 0.05) is 61.6 Å². The lowest BCUT2D eigenvalue weighted by Crippen LogP contribution is -2.40. The molecule has 1 aromatic carbocycles. The van der Waals surface area contributed by atoms with Crippen molar-refractivity contribution in [2.24, 2.45) is 17.8 Å². The number of aryl methyl sites for hydroxylation is 1. The van der Waals surface area contributed by atoms with Gasteiger partial charge >= 0.3 is 6.09 Å². The van der Waals surface area contributed by atoms with Crippen LogP contribution in [0.2, 0.25) is 5.02 Å². The van der Waals surface area contributed by atoms with Crippen molar-refractivity contribution in [3.63, 3.8) is 0 Å². The Kier molecular flexibility index (Phi) is 6.01. The van der Waals surface area contributed by atoms with Crippen LogP contribution in [-0.2, 0) is 38.8 Å². The predicted octanol–water partition coefficient (Wildman–Crippen LogP) is 1.69. The van der Waals surface area contributed by atoms with E-state index in [0.717, 1.165) is 30.5 Å². The minimum absolute atomic E-state index is 0.0629. The third-order valence-corrected chi connectivity index (χ3v) is 8.32. The fraction of sp³-hybridized carbons (Fsp3) is 0.545. The number of carbonyl (C=O) groups excluding carboxylic acids is 2. The first kappa shape index (κ1) is 23.1. The zero-order chi connectivity index (χ0) is 24.0. The molecule has 5 rings (SSSR count). The number of hydrogen-bond donors (Lipinski definition) is 1. The van der Waals surface area contributed by atoms with Crippen LogP contribution < -0.4 is 0 Å². The lowest BCUT2D eigenvalue weighted by atomic mass is 9.89. The number of nitrogens with one attached hydrogen (secondary N) is 1. The minimum atomic E-state index is -3.42. The van der Waals surface area contributed by atoms with Crippen molar-refractivity contribution in [2.45, 2.75) is 30.8 Å². The molecule has 182 valence electrons. The number of benzene rings is 1. The van der Waals surface area contributed by atoms with Gasteiger partial charge in [0.25, 0.3) is 0 Å². The first-order valence-electron chi connectivity index (χ1n) is 11.3. The number of rotatable bonds is 4. The number of sulfone groups is 1. The molecule has 0 unspecified atom stereocenters. The third kappa shape index (κ3) is 4.63. The van der Waals surface area contributed by atoms with Crippen molar-refractivity contribution in [3.05, 3.63) is 40.2 Å². The molecule has 3 heterocycles. The standard InChI is InChI=1S/C22H26ClN5O5S/c1-34(31,32)18-5-13(4-17(23)7-18)12-33-22(30)28-10-15-8-27(9-16(15)11-28)21(29)14-2-3-19-20(6-14)25-26-24-19/h4-5,7,14-16H,2-3,6,8-12H2,1H3,(H,24,25,26)/t14-,15+,16+/m1/s1. The molecule has 34 heavy (non-hydrogen) atoms. The molecule has 12 heteroatoms. The zero-order valence-electron chi connectivity index (χ0n) is 18.7. The van der Waals surface area contributed by atoms with E-state index in [4.69, 9.17) is 16.3 Å². The first-order valence-corrected chi connectivity index (χ1v) is 13.5. The predicted molar refractivity (Wildman–Crippen MR) is 122 cm³/mol. The number of aromatic amines is 1. The highest BCUT2D eigenvalue weighted by Crippen LogP contribution is 2.34. The molecular weight excluding hydrogens is 482 g/mol. The average molecular weight is 508 g/mol. The second-order valence-corrected chi connectivity index (χ2v) is 11.9. The fourth-order valence-electron chi connectivity index (χ4n) is 5.23. The maximum Gasteiger partial charge on any atom is 0.410 e. The van der Waals surface area contributed by atoms with Crippen LogP contribution >= 0.6 is 11.6 Å². The van der Waals surface area contributed by atoms with E-state index in [0.29, 0.717) is 38.2 Å². The van der Waals surface area contributed by atoms with Crippen LogP contribution in [0.25, 0.3) is 0 Å². The molecule has 1 aromatic heterocycles. The lowest BCUT2D eigenvalue weighted by Gasteiger charge is -2.27. The number of hydrogen-bond acceptors (Lipinski definition) is 7. The van der Waals surface area contributed by atoms with Gasteiger partial charge in [-0.05, 0) is 36.6 Å². The number of H-pyrrole nitrogens is 1. The van der Waals surface area contributed by atoms with Crippen LogP contribution in [0.1, 0.15) is 23.4 Å². The van der Waals surface area contributed by atoms with E-state index in [1.807, 2.05) is 4.90 Å². The Bertz CT molecular complexity index is 1220. The summed E-state index contributed by atoms with van der Waals surface area (Å²) in [4.78, 5) is 29.4. The molecule has 0 spiro atoms. The monoisotopic (exact) mass is 507 g/mol. The van der Waals surface area contributed by atoms with Crippen molar-refractivity contribution in [1.82, 2.24) is 25.2 Å². The highest BCUT2D eigenvalue weighted by atomic mass is 35.5. The molecule has 2 aromatic rings. The third-order valence-electron chi connectivity index (χ3n) is 7.01. The summed E-state index contributed by atoms with van der Waals surface area (Å²) < 4.78 is 29.0. The number of nitrogens with zero attached hydrogens (tertiary/aromatic N) is 4. The number of fused-ring (bicyclic) bond motifs is 2. The Morgan fingerprint density at radius 1 is 1.15 bits per heavy atom. The molecule has 2 aliphatic heterocycles. The summed E-state index contributed by atoms with van der Waals surface area (Å²) in [7, 11) is -3.42. The molecule has 2 saturated heterocycles. The largest absolute Gasteiger partial charge is 0.445 e. The van der Waals surface area contributed by atoms with Gasteiger partial charge in [0.05, 0.1) is 16.3 Å². The van der Waals surface area contributed by atoms with Crippen LogP contribution in [0.15, 0.2) is 23.1 Å².